The van der Waals surface area contributed by atoms with E-state index in [2.05, 4.69) is 10.5 Å². The van der Waals surface area contributed by atoms with Crippen LogP contribution >= 0.6 is 0 Å². The summed E-state index contributed by atoms with van der Waals surface area (Å²) < 4.78 is 22.2. The smallest absolute Gasteiger partial charge is 0.238 e. The molecule has 94 valence electrons. The second kappa shape index (κ2) is 5.69. The number of hydrogen-bond donors (Lipinski definition) is 3. The van der Waals surface area contributed by atoms with E-state index in [0.717, 1.165) is 6.26 Å². The number of sulfone groups is 1. The predicted octanol–water partition coefficient (Wildman–Crippen LogP) is -0.939. The lowest BCUT2D eigenvalue weighted by Gasteiger charge is -2.17. The number of oxime groups is 1. The number of amides is 1. The van der Waals surface area contributed by atoms with Gasteiger partial charge in [-0.1, -0.05) is 12.1 Å². The summed E-state index contributed by atoms with van der Waals surface area (Å²) in [6, 6.07) is -0.665. The second-order valence-corrected chi connectivity index (χ2v) is 5.83. The summed E-state index contributed by atoms with van der Waals surface area (Å²) in [6.45, 7) is 3.00. The Morgan fingerprint density at radius 2 is 2.06 bits per heavy atom. The number of nitrogens with zero attached hydrogens (tertiary/aromatic N) is 1. The molecule has 8 heteroatoms. The zero-order valence-corrected chi connectivity index (χ0v) is 10.3. The number of nitrogens with one attached hydrogen (secondary N) is 1. The summed E-state index contributed by atoms with van der Waals surface area (Å²) in [5.41, 5.74) is 5.32. The van der Waals surface area contributed by atoms with Gasteiger partial charge in [-0.3, -0.25) is 4.79 Å². The first-order chi connectivity index (χ1) is 7.23. The minimum absolute atomic E-state index is 0.156. The average Bonchev–Trinajstić information content (AvgIpc) is 2.21. The summed E-state index contributed by atoms with van der Waals surface area (Å²) in [6.07, 6.45) is 1.37. The van der Waals surface area contributed by atoms with Crippen LogP contribution in [-0.2, 0) is 14.6 Å². The minimum Gasteiger partial charge on any atom is -0.409 e. The molecule has 0 aromatic rings. The third kappa shape index (κ3) is 4.05. The highest BCUT2D eigenvalue weighted by molar-refractivity contribution is 7.92. The number of carbonyl (C=O) groups excluding carboxylic acids is 1. The highest BCUT2D eigenvalue weighted by Gasteiger charge is 2.26. The maximum absolute atomic E-state index is 11.5. The van der Waals surface area contributed by atoms with Crippen molar-refractivity contribution < 1.29 is 18.4 Å². The van der Waals surface area contributed by atoms with Crippen molar-refractivity contribution in [3.05, 3.63) is 0 Å². The molecule has 0 aliphatic carbocycles. The first-order valence-corrected chi connectivity index (χ1v) is 6.66. The topological polar surface area (TPSA) is 122 Å². The van der Waals surface area contributed by atoms with E-state index in [1.165, 1.54) is 6.92 Å². The van der Waals surface area contributed by atoms with Crippen LogP contribution in [0.25, 0.3) is 0 Å². The van der Waals surface area contributed by atoms with Crippen LogP contribution < -0.4 is 11.1 Å². The maximum atomic E-state index is 11.5. The number of rotatable bonds is 5. The molecule has 0 rings (SSSR count). The molecule has 16 heavy (non-hydrogen) atoms. The standard InChI is InChI=1S/C8H17N3O4S/c1-4-6(7(9)11-13)10-8(12)5(2)16(3,14)15/h5-6,13H,4H2,1-3H3,(H2,9,11)(H,10,12). The number of nitrogens with two attached hydrogens (primary N) is 1. The average molecular weight is 251 g/mol. The van der Waals surface area contributed by atoms with Gasteiger partial charge in [0.1, 0.15) is 5.25 Å². The van der Waals surface area contributed by atoms with Crippen LogP contribution in [0.4, 0.5) is 0 Å². The van der Waals surface area contributed by atoms with Crippen LogP contribution in [0, 0.1) is 0 Å². The highest BCUT2D eigenvalue weighted by Crippen LogP contribution is 2.00. The summed E-state index contributed by atoms with van der Waals surface area (Å²) in [4.78, 5) is 11.5. The van der Waals surface area contributed by atoms with E-state index in [1.807, 2.05) is 0 Å². The Balaban J connectivity index is 4.68. The molecule has 2 atom stereocenters. The fraction of sp³-hybridized carbons (Fsp3) is 0.750. The van der Waals surface area contributed by atoms with Crippen LogP contribution in [0.5, 0.6) is 0 Å². The summed E-state index contributed by atoms with van der Waals surface area (Å²) in [7, 11) is -3.44. The number of amidine groups is 1. The van der Waals surface area contributed by atoms with Crippen LogP contribution in [-0.4, -0.2) is 42.9 Å². The first kappa shape index (κ1) is 14.7. The Bertz CT molecular complexity index is 377. The number of carbonyl (C=O) groups is 1. The van der Waals surface area contributed by atoms with Gasteiger partial charge in [0, 0.05) is 6.26 Å². The maximum Gasteiger partial charge on any atom is 0.238 e. The minimum atomic E-state index is -3.44. The zero-order chi connectivity index (χ0) is 12.9. The van der Waals surface area contributed by atoms with Crippen molar-refractivity contribution in [2.24, 2.45) is 10.9 Å². The van der Waals surface area contributed by atoms with E-state index in [9.17, 15) is 13.2 Å². The van der Waals surface area contributed by atoms with Gasteiger partial charge in [0.2, 0.25) is 5.91 Å². The van der Waals surface area contributed by atoms with Gasteiger partial charge in [0.25, 0.3) is 0 Å². The molecule has 0 fully saturated rings. The van der Waals surface area contributed by atoms with Crippen molar-refractivity contribution in [2.75, 3.05) is 6.26 Å². The zero-order valence-electron chi connectivity index (χ0n) is 9.47. The van der Waals surface area contributed by atoms with E-state index in [-0.39, 0.29) is 5.84 Å². The Labute approximate surface area is 94.6 Å². The largest absolute Gasteiger partial charge is 0.409 e. The number of hydrogen-bond acceptors (Lipinski definition) is 5. The summed E-state index contributed by atoms with van der Waals surface area (Å²) >= 11 is 0. The van der Waals surface area contributed by atoms with Crippen molar-refractivity contribution in [1.29, 1.82) is 0 Å². The Kier molecular flexibility index (Phi) is 5.22. The molecule has 0 aromatic heterocycles. The van der Waals surface area contributed by atoms with Gasteiger partial charge in [0.15, 0.2) is 15.7 Å². The van der Waals surface area contributed by atoms with Gasteiger partial charge >= 0.3 is 0 Å². The Morgan fingerprint density at radius 3 is 2.38 bits per heavy atom. The lowest BCUT2D eigenvalue weighted by molar-refractivity contribution is -0.120. The van der Waals surface area contributed by atoms with E-state index in [0.29, 0.717) is 6.42 Å². The van der Waals surface area contributed by atoms with E-state index in [4.69, 9.17) is 10.9 Å². The van der Waals surface area contributed by atoms with Crippen LogP contribution in [0.15, 0.2) is 5.16 Å². The highest BCUT2D eigenvalue weighted by atomic mass is 32.2. The molecule has 1 amide bonds. The third-order valence-corrected chi connectivity index (χ3v) is 3.71. The van der Waals surface area contributed by atoms with Gasteiger partial charge in [-0.05, 0) is 13.3 Å². The summed E-state index contributed by atoms with van der Waals surface area (Å²) in [5, 5.41) is 12.4. The van der Waals surface area contributed by atoms with Gasteiger partial charge in [-0.2, -0.15) is 0 Å². The second-order valence-electron chi connectivity index (χ2n) is 3.47. The van der Waals surface area contributed by atoms with Crippen LogP contribution in [0.3, 0.4) is 0 Å². The molecule has 0 aliphatic rings. The molecular formula is C8H17N3O4S. The van der Waals surface area contributed by atoms with Gasteiger partial charge < -0.3 is 16.3 Å². The predicted molar refractivity (Wildman–Crippen MR) is 59.9 cm³/mol. The van der Waals surface area contributed by atoms with Crippen molar-refractivity contribution in [3.8, 4) is 0 Å². The lowest BCUT2D eigenvalue weighted by atomic mass is 10.2. The van der Waals surface area contributed by atoms with Crippen molar-refractivity contribution in [3.63, 3.8) is 0 Å². The molecule has 0 aromatic carbocycles. The first-order valence-electron chi connectivity index (χ1n) is 4.70. The van der Waals surface area contributed by atoms with Crippen molar-refractivity contribution >= 4 is 21.6 Å². The quantitative estimate of drug-likeness (QED) is 0.252. The Hall–Kier alpha value is -1.31. The van der Waals surface area contributed by atoms with E-state index in [1.54, 1.807) is 6.92 Å². The monoisotopic (exact) mass is 251 g/mol. The molecule has 2 unspecified atom stereocenters. The normalized spacial score (nSPS) is 16.6. The SMILES string of the molecule is CCC(NC(=O)C(C)S(C)(=O)=O)C(N)=NO. The molecule has 7 nitrogen and oxygen atoms in total. The fourth-order valence-corrected chi connectivity index (χ4v) is 1.40. The molecule has 0 bridgehead atoms. The van der Waals surface area contributed by atoms with E-state index >= 15 is 0 Å². The molecule has 0 spiro atoms. The van der Waals surface area contributed by atoms with E-state index < -0.39 is 27.0 Å². The van der Waals surface area contributed by atoms with Crippen LogP contribution in [0.1, 0.15) is 20.3 Å². The fourth-order valence-electron chi connectivity index (χ4n) is 0.938. The molecule has 0 saturated carbocycles. The molecule has 0 heterocycles. The van der Waals surface area contributed by atoms with Crippen molar-refractivity contribution in [2.45, 2.75) is 31.6 Å². The van der Waals surface area contributed by atoms with Gasteiger partial charge in [-0.15, -0.1) is 0 Å². The van der Waals surface area contributed by atoms with Gasteiger partial charge in [-0.25, -0.2) is 8.42 Å². The van der Waals surface area contributed by atoms with Gasteiger partial charge in [0.05, 0.1) is 6.04 Å². The molecule has 4 N–H and O–H groups in total. The lowest BCUT2D eigenvalue weighted by Crippen LogP contribution is -2.48. The van der Waals surface area contributed by atoms with Crippen LogP contribution in [0.2, 0.25) is 0 Å². The third-order valence-electron chi connectivity index (χ3n) is 2.21. The summed E-state index contributed by atoms with van der Waals surface area (Å²) in [5.74, 6) is -0.822. The molecule has 0 saturated heterocycles. The van der Waals surface area contributed by atoms with Crippen molar-refractivity contribution in [1.82, 2.24) is 5.32 Å². The molecule has 0 aliphatic heterocycles. The molecular weight excluding hydrogens is 234 g/mol. The molecule has 0 radical (unpaired) electrons. The Morgan fingerprint density at radius 1 is 1.56 bits per heavy atom.